The maximum Gasteiger partial charge on any atom is 0.303 e. The Kier molecular flexibility index (Phi) is 8.28. The summed E-state index contributed by atoms with van der Waals surface area (Å²) in [5, 5.41) is 0. The number of carbonyl (C=O) groups excluding carboxylic acids is 2. The van der Waals surface area contributed by atoms with E-state index in [2.05, 4.69) is 34.6 Å². The van der Waals surface area contributed by atoms with E-state index in [1.54, 1.807) is 0 Å². The van der Waals surface area contributed by atoms with Crippen LogP contribution in [0.5, 0.6) is 0 Å². The lowest BCUT2D eigenvalue weighted by Gasteiger charge is -2.48. The number of esters is 1. The summed E-state index contributed by atoms with van der Waals surface area (Å²) in [4.78, 5) is 22.7. The van der Waals surface area contributed by atoms with Gasteiger partial charge in [-0.2, -0.15) is 0 Å². The molecule has 0 radical (unpaired) electrons. The average Bonchev–Trinajstić information content (AvgIpc) is 2.66. The zero-order chi connectivity index (χ0) is 21.0. The molecule has 0 amide bonds. The molecule has 28 heavy (non-hydrogen) atoms. The van der Waals surface area contributed by atoms with Crippen LogP contribution < -0.4 is 0 Å². The van der Waals surface area contributed by atoms with Gasteiger partial charge in [0.25, 0.3) is 6.47 Å². The molecule has 0 aromatic carbocycles. The van der Waals surface area contributed by atoms with Crippen molar-refractivity contribution in [2.24, 2.45) is 23.7 Å². The second kappa shape index (κ2) is 10.0. The number of carbonyl (C=O) groups is 2. The highest BCUT2D eigenvalue weighted by Gasteiger charge is 2.49. The lowest BCUT2D eigenvalue weighted by molar-refractivity contribution is -0.338. The van der Waals surface area contributed by atoms with E-state index in [-0.39, 0.29) is 41.8 Å². The second-order valence-corrected chi connectivity index (χ2v) is 8.25. The van der Waals surface area contributed by atoms with Crippen LogP contribution in [0.25, 0.3) is 0 Å². The monoisotopic (exact) mass is 400 g/mol. The van der Waals surface area contributed by atoms with Crippen LogP contribution in [0.2, 0.25) is 0 Å². The molecule has 7 heteroatoms. The van der Waals surface area contributed by atoms with E-state index in [0.29, 0.717) is 6.47 Å². The van der Waals surface area contributed by atoms with Gasteiger partial charge in [0.15, 0.2) is 12.4 Å². The first-order valence-corrected chi connectivity index (χ1v) is 10.5. The molecule has 2 aliphatic heterocycles. The van der Waals surface area contributed by atoms with Crippen LogP contribution in [0.1, 0.15) is 61.3 Å². The largest absolute Gasteiger partial charge is 0.457 e. The Bertz CT molecular complexity index is 525. The van der Waals surface area contributed by atoms with Gasteiger partial charge in [-0.3, -0.25) is 9.59 Å². The molecule has 2 fully saturated rings. The van der Waals surface area contributed by atoms with Gasteiger partial charge in [-0.1, -0.05) is 41.5 Å². The van der Waals surface area contributed by atoms with Crippen molar-refractivity contribution in [2.45, 2.75) is 98.3 Å². The van der Waals surface area contributed by atoms with Crippen LogP contribution in [0.4, 0.5) is 0 Å². The molecule has 0 aromatic rings. The van der Waals surface area contributed by atoms with E-state index < -0.39 is 24.8 Å². The maximum atomic E-state index is 11.7. The Labute approximate surface area is 168 Å². The van der Waals surface area contributed by atoms with Gasteiger partial charge in [0.2, 0.25) is 6.29 Å². The van der Waals surface area contributed by atoms with Gasteiger partial charge in [0.1, 0.15) is 6.10 Å². The summed E-state index contributed by atoms with van der Waals surface area (Å²) in [6.45, 7) is 14.2. The third kappa shape index (κ3) is 4.86. The van der Waals surface area contributed by atoms with Crippen molar-refractivity contribution in [2.75, 3.05) is 0 Å². The molecule has 2 heterocycles. The van der Waals surface area contributed by atoms with Crippen molar-refractivity contribution in [1.82, 2.24) is 0 Å². The molecule has 10 atom stereocenters. The lowest BCUT2D eigenvalue weighted by atomic mass is 9.81. The molecule has 0 spiro atoms. The van der Waals surface area contributed by atoms with E-state index in [9.17, 15) is 9.59 Å². The van der Waals surface area contributed by atoms with E-state index >= 15 is 0 Å². The van der Waals surface area contributed by atoms with E-state index in [1.165, 1.54) is 6.92 Å². The number of hydrogen-bond donors (Lipinski definition) is 0. The fraction of sp³-hybridized carbons (Fsp3) is 0.905. The van der Waals surface area contributed by atoms with Gasteiger partial charge < -0.3 is 23.7 Å². The standard InChI is InChI=1S/C21H36O7/c1-8-16-11(3)13(5)18(20(26-16)24-10-22)28-21-19(25-15(7)23)14(6)12(4)17(9-2)27-21/h10-14,16-21H,8-9H2,1-7H3. The van der Waals surface area contributed by atoms with Crippen molar-refractivity contribution >= 4 is 12.4 Å². The summed E-state index contributed by atoms with van der Waals surface area (Å²) >= 11 is 0. The van der Waals surface area contributed by atoms with Gasteiger partial charge in [-0.05, 0) is 30.6 Å². The smallest absolute Gasteiger partial charge is 0.303 e. The van der Waals surface area contributed by atoms with Crippen LogP contribution in [0, 0.1) is 23.7 Å². The summed E-state index contributed by atoms with van der Waals surface area (Å²) in [5.41, 5.74) is 0. The van der Waals surface area contributed by atoms with Gasteiger partial charge in [-0.15, -0.1) is 0 Å². The molecular formula is C21H36O7. The molecular weight excluding hydrogens is 364 g/mol. The molecule has 7 nitrogen and oxygen atoms in total. The van der Waals surface area contributed by atoms with E-state index in [4.69, 9.17) is 23.7 Å². The second-order valence-electron chi connectivity index (χ2n) is 8.25. The van der Waals surface area contributed by atoms with Gasteiger partial charge in [0, 0.05) is 12.8 Å². The van der Waals surface area contributed by atoms with Crippen molar-refractivity contribution in [3.63, 3.8) is 0 Å². The fourth-order valence-corrected chi connectivity index (χ4v) is 4.43. The highest BCUT2D eigenvalue weighted by atomic mass is 16.8. The summed E-state index contributed by atoms with van der Waals surface area (Å²) < 4.78 is 29.3. The molecule has 0 aliphatic carbocycles. The molecule has 162 valence electrons. The quantitative estimate of drug-likeness (QED) is 0.479. The van der Waals surface area contributed by atoms with E-state index in [1.807, 2.05) is 6.92 Å². The minimum Gasteiger partial charge on any atom is -0.457 e. The highest BCUT2D eigenvalue weighted by molar-refractivity contribution is 5.66. The highest BCUT2D eigenvalue weighted by Crippen LogP contribution is 2.39. The van der Waals surface area contributed by atoms with E-state index in [0.717, 1.165) is 12.8 Å². The third-order valence-corrected chi connectivity index (χ3v) is 6.61. The SMILES string of the molecule is CCC1OC(OC2C(OC=O)OC(CC)C(C)C2C)C(OC(C)=O)C(C)C1C. The van der Waals surface area contributed by atoms with Crippen LogP contribution in [0.15, 0.2) is 0 Å². The first kappa shape index (κ1) is 23.1. The minimum absolute atomic E-state index is 0.00197. The molecule has 0 aromatic heterocycles. The molecule has 0 N–H and O–H groups in total. The van der Waals surface area contributed by atoms with Crippen LogP contribution >= 0.6 is 0 Å². The number of ether oxygens (including phenoxy) is 5. The normalized spacial score (nSPS) is 44.0. The first-order chi connectivity index (χ1) is 13.2. The van der Waals surface area contributed by atoms with Crippen LogP contribution in [-0.4, -0.2) is 49.4 Å². The summed E-state index contributed by atoms with van der Waals surface area (Å²) in [6, 6.07) is 0. The zero-order valence-electron chi connectivity index (χ0n) is 18.1. The lowest BCUT2D eigenvalue weighted by Crippen LogP contribution is -2.57. The predicted octanol–water partition coefficient (Wildman–Crippen LogP) is 3.29. The van der Waals surface area contributed by atoms with Gasteiger partial charge in [-0.25, -0.2) is 0 Å². The molecule has 2 aliphatic rings. The Hall–Kier alpha value is -1.18. The van der Waals surface area contributed by atoms with Crippen LogP contribution in [-0.2, 0) is 33.3 Å². The molecule has 2 saturated heterocycles. The predicted molar refractivity (Wildman–Crippen MR) is 102 cm³/mol. The van der Waals surface area contributed by atoms with Gasteiger partial charge >= 0.3 is 5.97 Å². The number of rotatable bonds is 7. The third-order valence-electron chi connectivity index (χ3n) is 6.61. The number of hydrogen-bond acceptors (Lipinski definition) is 7. The minimum atomic E-state index is -0.815. The Morgan fingerprint density at radius 1 is 0.857 bits per heavy atom. The fourth-order valence-electron chi connectivity index (χ4n) is 4.43. The van der Waals surface area contributed by atoms with Crippen LogP contribution in [0.3, 0.4) is 0 Å². The molecule has 10 unspecified atom stereocenters. The zero-order valence-corrected chi connectivity index (χ0v) is 18.1. The Morgan fingerprint density at radius 2 is 1.36 bits per heavy atom. The van der Waals surface area contributed by atoms with Gasteiger partial charge in [0.05, 0.1) is 12.2 Å². The molecule has 0 bridgehead atoms. The Balaban J connectivity index is 2.25. The summed E-state index contributed by atoms with van der Waals surface area (Å²) in [5.74, 6) is 0.207. The molecule has 2 rings (SSSR count). The first-order valence-electron chi connectivity index (χ1n) is 10.5. The maximum absolute atomic E-state index is 11.7. The van der Waals surface area contributed by atoms with Crippen molar-refractivity contribution in [1.29, 1.82) is 0 Å². The van der Waals surface area contributed by atoms with Crippen molar-refractivity contribution in [3.8, 4) is 0 Å². The summed E-state index contributed by atoms with van der Waals surface area (Å²) in [6.07, 6.45) is -0.958. The molecule has 0 saturated carbocycles. The Morgan fingerprint density at radius 3 is 1.82 bits per heavy atom. The van der Waals surface area contributed by atoms with Crippen molar-refractivity contribution < 1.29 is 33.3 Å². The topological polar surface area (TPSA) is 80.3 Å². The summed E-state index contributed by atoms with van der Waals surface area (Å²) in [7, 11) is 0. The van der Waals surface area contributed by atoms with Crippen molar-refractivity contribution in [3.05, 3.63) is 0 Å². The average molecular weight is 401 g/mol.